The van der Waals surface area contributed by atoms with Crippen molar-refractivity contribution in [2.45, 2.75) is 64.7 Å². The van der Waals surface area contributed by atoms with Crippen molar-refractivity contribution in [3.63, 3.8) is 0 Å². The molecule has 40 heavy (non-hydrogen) atoms. The number of sulfonamides is 1. The van der Waals surface area contributed by atoms with E-state index in [1.54, 1.807) is 31.2 Å². The van der Waals surface area contributed by atoms with Crippen molar-refractivity contribution in [1.82, 2.24) is 10.2 Å². The van der Waals surface area contributed by atoms with Gasteiger partial charge in [0.05, 0.1) is 24.6 Å². The highest BCUT2D eigenvalue weighted by molar-refractivity contribution is 7.92. The minimum atomic E-state index is -4.63. The monoisotopic (exact) mass is 585 g/mol. The van der Waals surface area contributed by atoms with Gasteiger partial charge in [-0.1, -0.05) is 38.5 Å². The summed E-state index contributed by atoms with van der Waals surface area (Å²) in [6.07, 6.45) is -1.75. The summed E-state index contributed by atoms with van der Waals surface area (Å²) in [6.45, 7) is 4.23. The summed E-state index contributed by atoms with van der Waals surface area (Å²) in [6, 6.07) is 10.4. The molecule has 2 amide bonds. The maximum Gasteiger partial charge on any atom is 0.416 e. The van der Waals surface area contributed by atoms with E-state index < -0.39 is 27.8 Å². The van der Waals surface area contributed by atoms with Crippen LogP contribution in [0.4, 0.5) is 18.9 Å². The summed E-state index contributed by atoms with van der Waals surface area (Å²) in [4.78, 5) is 27.9. The number of ether oxygens (including phenoxy) is 1. The molecule has 0 saturated carbocycles. The van der Waals surface area contributed by atoms with Crippen LogP contribution in [0.2, 0.25) is 0 Å². The van der Waals surface area contributed by atoms with Gasteiger partial charge in [0, 0.05) is 26.1 Å². The van der Waals surface area contributed by atoms with Crippen LogP contribution < -0.4 is 14.4 Å². The van der Waals surface area contributed by atoms with Gasteiger partial charge in [-0.25, -0.2) is 8.42 Å². The van der Waals surface area contributed by atoms with Crippen LogP contribution in [0.1, 0.15) is 57.1 Å². The molecule has 8 nitrogen and oxygen atoms in total. The summed E-state index contributed by atoms with van der Waals surface area (Å²) in [7, 11) is -2.40. The Labute approximate surface area is 234 Å². The topological polar surface area (TPSA) is 96.0 Å². The van der Waals surface area contributed by atoms with Crippen molar-refractivity contribution in [3.05, 3.63) is 59.7 Å². The lowest BCUT2D eigenvalue weighted by Crippen LogP contribution is -2.49. The first-order valence-electron chi connectivity index (χ1n) is 13.2. The van der Waals surface area contributed by atoms with Crippen molar-refractivity contribution in [3.8, 4) is 5.75 Å². The lowest BCUT2D eigenvalue weighted by molar-refractivity contribution is -0.141. The highest BCUT2D eigenvalue weighted by Crippen LogP contribution is 2.32. The second kappa shape index (κ2) is 14.9. The molecule has 1 atom stereocenters. The number of hydrogen-bond donors (Lipinski definition) is 1. The van der Waals surface area contributed by atoms with E-state index in [2.05, 4.69) is 5.32 Å². The zero-order chi connectivity index (χ0) is 29.9. The van der Waals surface area contributed by atoms with E-state index in [9.17, 15) is 31.2 Å². The minimum Gasteiger partial charge on any atom is -0.497 e. The van der Waals surface area contributed by atoms with Gasteiger partial charge in [0.15, 0.2) is 0 Å². The number of hydrogen-bond acceptors (Lipinski definition) is 5. The number of nitrogens with one attached hydrogen (secondary N) is 1. The molecule has 0 aliphatic carbocycles. The predicted molar refractivity (Wildman–Crippen MR) is 148 cm³/mol. The molecular weight excluding hydrogens is 547 g/mol. The second-order valence-electron chi connectivity index (χ2n) is 9.43. The lowest BCUT2D eigenvalue weighted by atomic mass is 10.1. The summed E-state index contributed by atoms with van der Waals surface area (Å²) in [5.74, 6) is -0.00761. The fraction of sp³-hybridized carbons (Fsp3) is 0.500. The third kappa shape index (κ3) is 9.72. The van der Waals surface area contributed by atoms with Gasteiger partial charge in [-0.2, -0.15) is 13.2 Å². The van der Waals surface area contributed by atoms with Crippen molar-refractivity contribution in [2.75, 3.05) is 30.8 Å². The largest absolute Gasteiger partial charge is 0.497 e. The van der Waals surface area contributed by atoms with Crippen molar-refractivity contribution in [1.29, 1.82) is 0 Å². The summed E-state index contributed by atoms with van der Waals surface area (Å²) >= 11 is 0. The molecule has 2 aromatic carbocycles. The first-order chi connectivity index (χ1) is 18.8. The number of alkyl halides is 3. The number of rotatable bonds is 15. The van der Waals surface area contributed by atoms with Crippen LogP contribution in [0.15, 0.2) is 48.5 Å². The van der Waals surface area contributed by atoms with E-state index in [1.807, 2.05) is 6.92 Å². The van der Waals surface area contributed by atoms with Gasteiger partial charge < -0.3 is 15.0 Å². The maximum atomic E-state index is 13.5. The van der Waals surface area contributed by atoms with Crippen LogP contribution in [-0.4, -0.2) is 57.6 Å². The Kier molecular flexibility index (Phi) is 12.3. The first-order valence-corrected chi connectivity index (χ1v) is 15.0. The van der Waals surface area contributed by atoms with E-state index in [-0.39, 0.29) is 43.4 Å². The molecule has 2 rings (SSSR count). The van der Waals surface area contributed by atoms with Crippen molar-refractivity contribution in [2.24, 2.45) is 0 Å². The van der Waals surface area contributed by atoms with Gasteiger partial charge in [0.25, 0.3) is 0 Å². The number of benzene rings is 2. The average molecular weight is 586 g/mol. The number of carbonyl (C=O) groups is 2. The van der Waals surface area contributed by atoms with Gasteiger partial charge in [-0.3, -0.25) is 13.9 Å². The van der Waals surface area contributed by atoms with Crippen LogP contribution >= 0.6 is 0 Å². The zero-order valence-corrected chi connectivity index (χ0v) is 24.1. The average Bonchev–Trinajstić information content (AvgIpc) is 2.90. The van der Waals surface area contributed by atoms with E-state index in [0.29, 0.717) is 18.7 Å². The molecule has 0 saturated heterocycles. The first kappa shape index (κ1) is 32.9. The van der Waals surface area contributed by atoms with Gasteiger partial charge in [-0.05, 0) is 55.2 Å². The molecule has 0 aromatic heterocycles. The molecule has 0 aliphatic rings. The van der Waals surface area contributed by atoms with Crippen LogP contribution in [0.5, 0.6) is 5.75 Å². The van der Waals surface area contributed by atoms with Crippen LogP contribution in [0.3, 0.4) is 0 Å². The van der Waals surface area contributed by atoms with Crippen molar-refractivity contribution < 1.29 is 35.9 Å². The lowest BCUT2D eigenvalue weighted by Gasteiger charge is -2.31. The maximum absolute atomic E-state index is 13.5. The number of unbranched alkanes of at least 4 members (excludes halogenated alkanes) is 1. The summed E-state index contributed by atoms with van der Waals surface area (Å²) < 4.78 is 70.6. The highest BCUT2D eigenvalue weighted by atomic mass is 32.2. The molecule has 0 spiro atoms. The molecule has 1 unspecified atom stereocenters. The molecule has 0 radical (unpaired) electrons. The van der Waals surface area contributed by atoms with Crippen LogP contribution in [-0.2, 0) is 32.3 Å². The quantitative estimate of drug-likeness (QED) is 0.298. The van der Waals surface area contributed by atoms with Gasteiger partial charge >= 0.3 is 6.18 Å². The molecule has 12 heteroatoms. The molecule has 0 bridgehead atoms. The Morgan fingerprint density at radius 3 is 2.27 bits per heavy atom. The SMILES string of the molecule is CCCCNC(=O)C(CC)N(Cc1ccc(OC)cc1)C(=O)CCCN(c1cccc(C(F)(F)F)c1)S(C)(=O)=O. The van der Waals surface area contributed by atoms with E-state index in [1.165, 1.54) is 18.1 Å². The molecule has 222 valence electrons. The zero-order valence-electron chi connectivity index (χ0n) is 23.3. The molecule has 0 fully saturated rings. The number of anilines is 1. The predicted octanol–water partition coefficient (Wildman–Crippen LogP) is 4.98. The Hall–Kier alpha value is -3.28. The standard InChI is InChI=1S/C28H38F3N3O5S/c1-5-7-17-32-27(36)25(6-2)33(20-21-13-15-24(39-3)16-14-21)26(35)12-9-18-34(40(4,37)38)23-11-8-10-22(19-23)28(29,30)31/h8,10-11,13-16,19,25H,5-7,9,12,17-18,20H2,1-4H3,(H,32,36). The Morgan fingerprint density at radius 2 is 1.73 bits per heavy atom. The molecule has 2 aromatic rings. The summed E-state index contributed by atoms with van der Waals surface area (Å²) in [5, 5.41) is 2.87. The third-order valence-corrected chi connectivity index (χ3v) is 7.54. The normalized spacial score (nSPS) is 12.5. The highest BCUT2D eigenvalue weighted by Gasteiger charge is 2.32. The number of amides is 2. The van der Waals surface area contributed by atoms with Crippen molar-refractivity contribution >= 4 is 27.5 Å². The van der Waals surface area contributed by atoms with E-state index in [4.69, 9.17) is 4.74 Å². The third-order valence-electron chi connectivity index (χ3n) is 6.34. The number of halogens is 3. The van der Waals surface area contributed by atoms with Gasteiger partial charge in [-0.15, -0.1) is 0 Å². The minimum absolute atomic E-state index is 0.0369. The van der Waals surface area contributed by atoms with Crippen LogP contribution in [0, 0.1) is 0 Å². The smallest absolute Gasteiger partial charge is 0.416 e. The fourth-order valence-corrected chi connectivity index (χ4v) is 5.15. The molecular formula is C28H38F3N3O5S. The number of carbonyl (C=O) groups excluding carboxylic acids is 2. The van der Waals surface area contributed by atoms with Gasteiger partial charge in [0.1, 0.15) is 11.8 Å². The van der Waals surface area contributed by atoms with Crippen LogP contribution in [0.25, 0.3) is 0 Å². The van der Waals surface area contributed by atoms with Gasteiger partial charge in [0.2, 0.25) is 21.8 Å². The number of methoxy groups -OCH3 is 1. The molecule has 0 aliphatic heterocycles. The Balaban J connectivity index is 2.24. The molecule has 1 N–H and O–H groups in total. The Morgan fingerprint density at radius 1 is 1.05 bits per heavy atom. The fourth-order valence-electron chi connectivity index (χ4n) is 4.19. The van der Waals surface area contributed by atoms with E-state index >= 15 is 0 Å². The Bertz CT molecular complexity index is 1220. The second-order valence-corrected chi connectivity index (χ2v) is 11.3. The summed E-state index contributed by atoms with van der Waals surface area (Å²) in [5.41, 5.74) is -0.336. The molecule has 0 heterocycles. The van der Waals surface area contributed by atoms with E-state index in [0.717, 1.165) is 47.2 Å². The number of nitrogens with zero attached hydrogens (tertiary/aromatic N) is 2.